The third kappa shape index (κ3) is 2.07. The van der Waals surface area contributed by atoms with Gasteiger partial charge in [0.25, 0.3) is 0 Å². The van der Waals surface area contributed by atoms with Crippen LogP contribution in [0.2, 0.25) is 0 Å². The van der Waals surface area contributed by atoms with Crippen molar-refractivity contribution in [1.29, 1.82) is 0 Å². The number of thiophene rings is 1. The molecule has 1 atom stereocenters. The summed E-state index contributed by atoms with van der Waals surface area (Å²) in [6.45, 7) is 5.76. The van der Waals surface area contributed by atoms with Crippen LogP contribution in [-0.2, 0) is 16.1 Å². The molecule has 0 spiro atoms. The van der Waals surface area contributed by atoms with Gasteiger partial charge in [-0.25, -0.2) is 0 Å². The second-order valence-electron chi connectivity index (χ2n) is 4.81. The molecule has 2 amide bonds. The van der Waals surface area contributed by atoms with Crippen LogP contribution in [0.5, 0.6) is 0 Å². The van der Waals surface area contributed by atoms with Gasteiger partial charge in [-0.1, -0.05) is 0 Å². The summed E-state index contributed by atoms with van der Waals surface area (Å²) in [5, 5.41) is 6.67. The summed E-state index contributed by atoms with van der Waals surface area (Å²) in [4.78, 5) is 25.7. The molecule has 1 aromatic heterocycles. The normalized spacial score (nSPS) is 23.7. The van der Waals surface area contributed by atoms with Crippen LogP contribution in [-0.4, -0.2) is 28.3 Å². The fourth-order valence-electron chi connectivity index (χ4n) is 1.91. The molecule has 5 heteroatoms. The largest absolute Gasteiger partial charge is 0.343 e. The van der Waals surface area contributed by atoms with Gasteiger partial charge in [-0.2, -0.15) is 11.3 Å². The van der Waals surface area contributed by atoms with Gasteiger partial charge in [0, 0.05) is 6.54 Å². The van der Waals surface area contributed by atoms with Crippen molar-refractivity contribution >= 4 is 23.2 Å². The molecule has 0 aromatic carbocycles. The predicted molar refractivity (Wildman–Crippen MR) is 66.6 cm³/mol. The van der Waals surface area contributed by atoms with E-state index in [9.17, 15) is 9.59 Å². The number of piperazine rings is 1. The zero-order valence-electron chi connectivity index (χ0n) is 10.2. The third-order valence-electron chi connectivity index (χ3n) is 3.14. The lowest BCUT2D eigenvalue weighted by Gasteiger charge is -2.43. The Hall–Kier alpha value is -1.36. The van der Waals surface area contributed by atoms with Crippen LogP contribution in [0, 0.1) is 0 Å². The first-order chi connectivity index (χ1) is 7.93. The molecule has 0 aliphatic carbocycles. The van der Waals surface area contributed by atoms with Crippen molar-refractivity contribution in [2.45, 2.75) is 38.9 Å². The van der Waals surface area contributed by atoms with Gasteiger partial charge in [0.15, 0.2) is 0 Å². The van der Waals surface area contributed by atoms with Crippen LogP contribution >= 0.6 is 11.3 Å². The Bertz CT molecular complexity index is 439. The van der Waals surface area contributed by atoms with Crippen molar-refractivity contribution in [3.63, 3.8) is 0 Å². The molecule has 1 aromatic rings. The Morgan fingerprint density at radius 3 is 2.76 bits per heavy atom. The van der Waals surface area contributed by atoms with Gasteiger partial charge in [0.2, 0.25) is 11.8 Å². The van der Waals surface area contributed by atoms with E-state index < -0.39 is 11.6 Å². The number of nitrogens with one attached hydrogen (secondary N) is 1. The number of carbonyl (C=O) groups excluding carboxylic acids is 2. The highest BCUT2D eigenvalue weighted by atomic mass is 32.1. The van der Waals surface area contributed by atoms with Crippen LogP contribution in [0.4, 0.5) is 0 Å². The molecule has 1 unspecified atom stereocenters. The van der Waals surface area contributed by atoms with Gasteiger partial charge in [0.05, 0.1) is 0 Å². The molecule has 2 rings (SSSR count). The van der Waals surface area contributed by atoms with Gasteiger partial charge < -0.3 is 10.2 Å². The van der Waals surface area contributed by atoms with E-state index in [1.165, 1.54) is 0 Å². The molecule has 17 heavy (non-hydrogen) atoms. The quantitative estimate of drug-likeness (QED) is 0.864. The second kappa shape index (κ2) is 4.14. The maximum atomic E-state index is 12.1. The highest BCUT2D eigenvalue weighted by molar-refractivity contribution is 7.07. The first-order valence-electron chi connectivity index (χ1n) is 5.56. The zero-order chi connectivity index (χ0) is 12.6. The molecule has 2 heterocycles. The minimum absolute atomic E-state index is 0.0270. The number of rotatable bonds is 2. The Balaban J connectivity index is 2.27. The number of hydrogen-bond donors (Lipinski definition) is 1. The van der Waals surface area contributed by atoms with Crippen molar-refractivity contribution in [1.82, 2.24) is 10.2 Å². The van der Waals surface area contributed by atoms with Crippen LogP contribution in [0.25, 0.3) is 0 Å². The lowest BCUT2D eigenvalue weighted by molar-refractivity contribution is -0.155. The number of hydrogen-bond acceptors (Lipinski definition) is 3. The predicted octanol–water partition coefficient (Wildman–Crippen LogP) is 1.37. The van der Waals surface area contributed by atoms with E-state index in [1.807, 2.05) is 16.8 Å². The zero-order valence-corrected chi connectivity index (χ0v) is 11.0. The van der Waals surface area contributed by atoms with Crippen molar-refractivity contribution in [2.75, 3.05) is 0 Å². The summed E-state index contributed by atoms with van der Waals surface area (Å²) in [7, 11) is 0. The molecule has 1 N–H and O–H groups in total. The molecular weight excluding hydrogens is 236 g/mol. The Morgan fingerprint density at radius 2 is 2.18 bits per heavy atom. The molecule has 1 saturated heterocycles. The van der Waals surface area contributed by atoms with E-state index in [0.717, 1.165) is 5.56 Å². The number of nitrogens with zero attached hydrogens (tertiary/aromatic N) is 1. The summed E-state index contributed by atoms with van der Waals surface area (Å²) in [5.74, 6) is -0.124. The first-order valence-corrected chi connectivity index (χ1v) is 6.50. The molecule has 1 aliphatic heterocycles. The fraction of sp³-hybridized carbons (Fsp3) is 0.500. The van der Waals surface area contributed by atoms with Gasteiger partial charge in [-0.05, 0) is 43.2 Å². The molecule has 4 nitrogen and oxygen atoms in total. The topological polar surface area (TPSA) is 49.4 Å². The van der Waals surface area contributed by atoms with Gasteiger partial charge in [-0.15, -0.1) is 0 Å². The molecule has 1 aliphatic rings. The molecular formula is C12H16N2O2S. The van der Waals surface area contributed by atoms with Crippen molar-refractivity contribution < 1.29 is 9.59 Å². The maximum Gasteiger partial charge on any atom is 0.246 e. The average molecular weight is 252 g/mol. The Labute approximate surface area is 105 Å². The van der Waals surface area contributed by atoms with Crippen LogP contribution in [0.3, 0.4) is 0 Å². The Kier molecular flexibility index (Phi) is 2.95. The van der Waals surface area contributed by atoms with Gasteiger partial charge in [0.1, 0.15) is 11.6 Å². The number of amides is 2. The summed E-state index contributed by atoms with van der Waals surface area (Å²) in [6, 6.07) is 1.54. The summed E-state index contributed by atoms with van der Waals surface area (Å²) >= 11 is 1.59. The van der Waals surface area contributed by atoms with Crippen LogP contribution in [0.15, 0.2) is 16.8 Å². The lowest BCUT2D eigenvalue weighted by Crippen LogP contribution is -2.67. The van der Waals surface area contributed by atoms with Crippen LogP contribution < -0.4 is 5.32 Å². The number of carbonyl (C=O) groups is 2. The van der Waals surface area contributed by atoms with E-state index >= 15 is 0 Å². The summed E-state index contributed by atoms with van der Waals surface area (Å²) in [6.07, 6.45) is 0. The molecule has 1 fully saturated rings. The Morgan fingerprint density at radius 1 is 1.47 bits per heavy atom. The van der Waals surface area contributed by atoms with E-state index in [2.05, 4.69) is 5.32 Å². The maximum absolute atomic E-state index is 12.1. The van der Waals surface area contributed by atoms with E-state index in [0.29, 0.717) is 6.54 Å². The van der Waals surface area contributed by atoms with Crippen molar-refractivity contribution in [3.05, 3.63) is 22.4 Å². The molecule has 0 saturated carbocycles. The third-order valence-corrected chi connectivity index (χ3v) is 3.87. The average Bonchev–Trinajstić information content (AvgIpc) is 2.75. The molecule has 0 bridgehead atoms. The first kappa shape index (κ1) is 12.1. The minimum Gasteiger partial charge on any atom is -0.343 e. The lowest BCUT2D eigenvalue weighted by atomic mass is 9.95. The monoisotopic (exact) mass is 252 g/mol. The van der Waals surface area contributed by atoms with E-state index in [-0.39, 0.29) is 11.8 Å². The van der Waals surface area contributed by atoms with E-state index in [1.54, 1.807) is 37.0 Å². The van der Waals surface area contributed by atoms with E-state index in [4.69, 9.17) is 0 Å². The van der Waals surface area contributed by atoms with Gasteiger partial charge in [-0.3, -0.25) is 9.59 Å². The molecule has 92 valence electrons. The minimum atomic E-state index is -0.786. The highest BCUT2D eigenvalue weighted by Crippen LogP contribution is 2.24. The van der Waals surface area contributed by atoms with Crippen molar-refractivity contribution in [2.24, 2.45) is 0 Å². The summed E-state index contributed by atoms with van der Waals surface area (Å²) < 4.78 is 0. The van der Waals surface area contributed by atoms with Gasteiger partial charge >= 0.3 is 0 Å². The highest BCUT2D eigenvalue weighted by Gasteiger charge is 2.44. The fourth-order valence-corrected chi connectivity index (χ4v) is 2.57. The second-order valence-corrected chi connectivity index (χ2v) is 5.59. The van der Waals surface area contributed by atoms with Crippen molar-refractivity contribution in [3.8, 4) is 0 Å². The smallest absolute Gasteiger partial charge is 0.246 e. The standard InChI is InChI=1S/C12H16N2O2S/c1-8-10(15)14(6-9-4-5-17-7-9)12(2,3)11(16)13-8/h4-5,7-8H,6H2,1-3H3,(H,13,16). The molecule has 0 radical (unpaired) electrons. The van der Waals surface area contributed by atoms with Crippen LogP contribution in [0.1, 0.15) is 26.3 Å². The SMILES string of the molecule is CC1NC(=O)C(C)(C)N(Cc2ccsc2)C1=O. The summed E-state index contributed by atoms with van der Waals surface area (Å²) in [5.41, 5.74) is 0.282.